The molecule has 0 bridgehead atoms. The van der Waals surface area contributed by atoms with Gasteiger partial charge in [-0.15, -0.1) is 0 Å². The van der Waals surface area contributed by atoms with Crippen molar-refractivity contribution in [2.75, 3.05) is 16.8 Å². The first kappa shape index (κ1) is 21.2. The molecule has 1 fully saturated rings. The summed E-state index contributed by atoms with van der Waals surface area (Å²) >= 11 is 18.3. The maximum atomic E-state index is 12.5. The van der Waals surface area contributed by atoms with Crippen LogP contribution in [0, 0.1) is 0 Å². The molecule has 7 nitrogen and oxygen atoms in total. The Morgan fingerprint density at radius 1 is 1.07 bits per heavy atom. The van der Waals surface area contributed by atoms with E-state index in [1.165, 1.54) is 12.1 Å². The summed E-state index contributed by atoms with van der Waals surface area (Å²) < 4.78 is 0. The van der Waals surface area contributed by atoms with Crippen LogP contribution in [-0.2, 0) is 4.79 Å². The van der Waals surface area contributed by atoms with Gasteiger partial charge < -0.3 is 21.7 Å². The number of aliphatic imine (C=N–C) groups is 1. The number of halogens is 3. The molecule has 1 aliphatic heterocycles. The molecule has 2 amide bonds. The van der Waals surface area contributed by atoms with Gasteiger partial charge in [0.05, 0.1) is 21.3 Å². The van der Waals surface area contributed by atoms with Gasteiger partial charge in [-0.1, -0.05) is 34.8 Å². The standard InChI is InChI=1S/C19H18Cl3N5O2/c20-10-3-5-12(13(21)8-10)17(28)25-15-6-4-11(9-14(15)22)27-7-1-2-16(27)18(29)26-19(23)24/h3-6,8-9,16H,1-2,7H2,(H,25,28)(H4,23,24,26,29). The number of nitrogens with one attached hydrogen (secondary N) is 1. The molecule has 1 aliphatic rings. The van der Waals surface area contributed by atoms with E-state index in [2.05, 4.69) is 10.3 Å². The fourth-order valence-corrected chi connectivity index (χ4v) is 3.90. The van der Waals surface area contributed by atoms with E-state index < -0.39 is 17.9 Å². The Balaban J connectivity index is 1.79. The molecular formula is C19H18Cl3N5O2. The van der Waals surface area contributed by atoms with Crippen LogP contribution in [0.2, 0.25) is 15.1 Å². The Morgan fingerprint density at radius 2 is 1.83 bits per heavy atom. The van der Waals surface area contributed by atoms with Crippen molar-refractivity contribution in [1.29, 1.82) is 0 Å². The molecule has 1 saturated heterocycles. The summed E-state index contributed by atoms with van der Waals surface area (Å²) in [7, 11) is 0. The van der Waals surface area contributed by atoms with Crippen LogP contribution >= 0.6 is 34.8 Å². The van der Waals surface area contributed by atoms with Crippen LogP contribution in [-0.4, -0.2) is 30.4 Å². The zero-order valence-electron chi connectivity index (χ0n) is 15.2. The van der Waals surface area contributed by atoms with Crippen molar-refractivity contribution in [2.45, 2.75) is 18.9 Å². The monoisotopic (exact) mass is 453 g/mol. The molecule has 152 valence electrons. The number of rotatable bonds is 4. The van der Waals surface area contributed by atoms with Gasteiger partial charge in [-0.2, -0.15) is 4.99 Å². The predicted molar refractivity (Wildman–Crippen MR) is 117 cm³/mol. The van der Waals surface area contributed by atoms with Gasteiger partial charge in [0.1, 0.15) is 6.04 Å². The maximum absolute atomic E-state index is 12.5. The molecule has 29 heavy (non-hydrogen) atoms. The average molecular weight is 455 g/mol. The summed E-state index contributed by atoms with van der Waals surface area (Å²) in [6.45, 7) is 0.665. The number of amides is 2. The van der Waals surface area contributed by atoms with Crippen LogP contribution in [0.3, 0.4) is 0 Å². The van der Waals surface area contributed by atoms with Gasteiger partial charge in [-0.3, -0.25) is 9.59 Å². The minimum absolute atomic E-state index is 0.237. The molecule has 1 heterocycles. The molecule has 1 atom stereocenters. The first-order chi connectivity index (χ1) is 13.8. The second-order valence-electron chi connectivity index (χ2n) is 6.47. The Kier molecular flexibility index (Phi) is 6.52. The summed E-state index contributed by atoms with van der Waals surface area (Å²) in [4.78, 5) is 30.3. The zero-order chi connectivity index (χ0) is 21.1. The molecule has 10 heteroatoms. The lowest BCUT2D eigenvalue weighted by molar-refractivity contribution is -0.118. The lowest BCUT2D eigenvalue weighted by atomic mass is 10.1. The number of carbonyl (C=O) groups is 2. The molecule has 0 aliphatic carbocycles. The highest BCUT2D eigenvalue weighted by Crippen LogP contribution is 2.33. The van der Waals surface area contributed by atoms with E-state index >= 15 is 0 Å². The number of benzene rings is 2. The number of guanidine groups is 1. The van der Waals surface area contributed by atoms with Crippen LogP contribution in [0.1, 0.15) is 23.2 Å². The van der Waals surface area contributed by atoms with Crippen LogP contribution in [0.15, 0.2) is 41.4 Å². The van der Waals surface area contributed by atoms with E-state index in [4.69, 9.17) is 46.3 Å². The fourth-order valence-electron chi connectivity index (χ4n) is 3.18. The van der Waals surface area contributed by atoms with E-state index in [9.17, 15) is 9.59 Å². The molecule has 0 aromatic heterocycles. The molecule has 3 rings (SSSR count). The second kappa shape index (κ2) is 8.90. The van der Waals surface area contributed by atoms with Crippen molar-refractivity contribution >= 4 is 64.0 Å². The third-order valence-electron chi connectivity index (χ3n) is 4.49. The average Bonchev–Trinajstić information content (AvgIpc) is 3.12. The molecule has 2 aromatic carbocycles. The highest BCUT2D eigenvalue weighted by atomic mass is 35.5. The summed E-state index contributed by atoms with van der Waals surface area (Å²) in [6, 6.07) is 9.26. The normalized spacial score (nSPS) is 15.8. The smallest absolute Gasteiger partial charge is 0.271 e. The topological polar surface area (TPSA) is 114 Å². The Bertz CT molecular complexity index is 992. The summed E-state index contributed by atoms with van der Waals surface area (Å²) in [6.07, 6.45) is 1.46. The lowest BCUT2D eigenvalue weighted by Crippen LogP contribution is -2.37. The number of hydrogen-bond acceptors (Lipinski definition) is 3. The first-order valence-electron chi connectivity index (χ1n) is 8.72. The predicted octanol–water partition coefficient (Wildman–Crippen LogP) is 3.67. The summed E-state index contributed by atoms with van der Waals surface area (Å²) in [5.41, 5.74) is 12.1. The van der Waals surface area contributed by atoms with Crippen molar-refractivity contribution in [2.24, 2.45) is 16.5 Å². The van der Waals surface area contributed by atoms with Crippen LogP contribution in [0.5, 0.6) is 0 Å². The molecule has 0 radical (unpaired) electrons. The van der Waals surface area contributed by atoms with Crippen LogP contribution in [0.4, 0.5) is 11.4 Å². The van der Waals surface area contributed by atoms with Gasteiger partial charge >= 0.3 is 0 Å². The highest BCUT2D eigenvalue weighted by Gasteiger charge is 2.31. The van der Waals surface area contributed by atoms with E-state index in [0.29, 0.717) is 28.7 Å². The Labute approximate surface area is 182 Å². The van der Waals surface area contributed by atoms with E-state index in [0.717, 1.165) is 12.1 Å². The third-order valence-corrected chi connectivity index (χ3v) is 5.35. The van der Waals surface area contributed by atoms with E-state index in [-0.39, 0.29) is 16.5 Å². The third kappa shape index (κ3) is 4.93. The minimum atomic E-state index is -0.457. The number of carbonyl (C=O) groups excluding carboxylic acids is 2. The van der Waals surface area contributed by atoms with Gasteiger partial charge in [0.2, 0.25) is 0 Å². The SMILES string of the molecule is NC(N)=NC(=O)C1CCCN1c1ccc(NC(=O)c2ccc(Cl)cc2Cl)c(Cl)c1. The lowest BCUT2D eigenvalue weighted by Gasteiger charge is -2.25. The van der Waals surface area contributed by atoms with Crippen molar-refractivity contribution in [1.82, 2.24) is 0 Å². The molecule has 0 spiro atoms. The van der Waals surface area contributed by atoms with Crippen molar-refractivity contribution in [3.05, 3.63) is 57.0 Å². The Morgan fingerprint density at radius 3 is 2.48 bits per heavy atom. The molecular weight excluding hydrogens is 437 g/mol. The van der Waals surface area contributed by atoms with Gasteiger partial charge in [0, 0.05) is 17.3 Å². The maximum Gasteiger partial charge on any atom is 0.271 e. The summed E-state index contributed by atoms with van der Waals surface area (Å²) in [5.74, 6) is -1.07. The highest BCUT2D eigenvalue weighted by molar-refractivity contribution is 6.37. The number of nitrogens with zero attached hydrogens (tertiary/aromatic N) is 2. The first-order valence-corrected chi connectivity index (χ1v) is 9.85. The van der Waals surface area contributed by atoms with Crippen LogP contribution < -0.4 is 21.7 Å². The van der Waals surface area contributed by atoms with Crippen LogP contribution in [0.25, 0.3) is 0 Å². The summed E-state index contributed by atoms with van der Waals surface area (Å²) in [5, 5.41) is 3.72. The second-order valence-corrected chi connectivity index (χ2v) is 7.72. The van der Waals surface area contributed by atoms with Crippen molar-refractivity contribution in [3.8, 4) is 0 Å². The van der Waals surface area contributed by atoms with Crippen molar-refractivity contribution in [3.63, 3.8) is 0 Å². The largest absolute Gasteiger partial charge is 0.370 e. The van der Waals surface area contributed by atoms with E-state index in [1.807, 2.05) is 4.90 Å². The quantitative estimate of drug-likeness (QED) is 0.482. The zero-order valence-corrected chi connectivity index (χ0v) is 17.4. The molecule has 0 saturated carbocycles. The van der Waals surface area contributed by atoms with Gasteiger partial charge in [-0.25, -0.2) is 0 Å². The van der Waals surface area contributed by atoms with Crippen molar-refractivity contribution < 1.29 is 9.59 Å². The minimum Gasteiger partial charge on any atom is -0.370 e. The molecule has 2 aromatic rings. The molecule has 5 N–H and O–H groups in total. The van der Waals surface area contributed by atoms with E-state index in [1.54, 1.807) is 24.3 Å². The molecule has 1 unspecified atom stereocenters. The van der Waals surface area contributed by atoms with Gasteiger partial charge in [0.15, 0.2) is 5.96 Å². The fraction of sp³-hybridized carbons (Fsp3) is 0.211. The Hall–Kier alpha value is -2.48. The van der Waals surface area contributed by atoms with Gasteiger partial charge in [-0.05, 0) is 49.2 Å². The van der Waals surface area contributed by atoms with Gasteiger partial charge in [0.25, 0.3) is 11.8 Å². The number of anilines is 2. The number of hydrogen-bond donors (Lipinski definition) is 3. The number of nitrogens with two attached hydrogens (primary N) is 2.